The zero-order valence-electron chi connectivity index (χ0n) is 14.8. The molecule has 27 heavy (non-hydrogen) atoms. The molecule has 4 bridgehead atoms. The summed E-state index contributed by atoms with van der Waals surface area (Å²) in [5.74, 6) is 1.04. The van der Waals surface area contributed by atoms with Gasteiger partial charge in [-0.1, -0.05) is 0 Å². The summed E-state index contributed by atoms with van der Waals surface area (Å²) < 4.78 is 29.0. The van der Waals surface area contributed by atoms with Crippen LogP contribution in [0, 0.1) is 29.4 Å². The van der Waals surface area contributed by atoms with Gasteiger partial charge in [0, 0.05) is 22.6 Å². The van der Waals surface area contributed by atoms with Crippen LogP contribution in [0.25, 0.3) is 16.2 Å². The monoisotopic (exact) mass is 406 g/mol. The molecule has 2 aromatic heterocycles. The standard InChI is InChI=1S/C21H20F2N2S.ClH/c22-16-2-1-15(6-17(16)23)18-11-26-20-24-19(10-25(18)20)21-7-12-3-13(8-21)5-14(4-12)9-21;/h1-2,6,10-14H,3-5,7-9H2;1H. The van der Waals surface area contributed by atoms with Crippen molar-refractivity contribution in [1.82, 2.24) is 9.38 Å². The zero-order chi connectivity index (χ0) is 17.5. The maximum absolute atomic E-state index is 13.7. The second-order valence-electron chi connectivity index (χ2n) is 8.73. The molecule has 0 atom stereocenters. The lowest BCUT2D eigenvalue weighted by Crippen LogP contribution is -2.48. The summed E-state index contributed by atoms with van der Waals surface area (Å²) >= 11 is 1.58. The van der Waals surface area contributed by atoms with Crippen LogP contribution in [0.4, 0.5) is 8.78 Å². The number of benzene rings is 1. The number of imidazole rings is 1. The Balaban J connectivity index is 0.00000160. The van der Waals surface area contributed by atoms with E-state index in [4.69, 9.17) is 4.98 Å². The Labute approximate surface area is 167 Å². The Kier molecular flexibility index (Phi) is 3.93. The Bertz CT molecular complexity index is 989. The Hall–Kier alpha value is -1.46. The summed E-state index contributed by atoms with van der Waals surface area (Å²) in [5.41, 5.74) is 3.08. The van der Waals surface area contributed by atoms with Crippen LogP contribution in [-0.4, -0.2) is 9.38 Å². The van der Waals surface area contributed by atoms with Gasteiger partial charge in [0.05, 0.1) is 11.4 Å². The van der Waals surface area contributed by atoms with E-state index in [1.807, 2.05) is 5.38 Å². The van der Waals surface area contributed by atoms with Crippen molar-refractivity contribution in [2.75, 3.05) is 0 Å². The molecule has 7 rings (SSSR count). The van der Waals surface area contributed by atoms with Crippen LogP contribution in [-0.2, 0) is 5.41 Å². The fraction of sp³-hybridized carbons (Fsp3) is 0.476. The Morgan fingerprint density at radius 1 is 1.00 bits per heavy atom. The quantitative estimate of drug-likeness (QED) is 0.493. The molecule has 6 heteroatoms. The first-order valence-corrected chi connectivity index (χ1v) is 10.4. The van der Waals surface area contributed by atoms with Gasteiger partial charge in [0.15, 0.2) is 16.6 Å². The van der Waals surface area contributed by atoms with Gasteiger partial charge in [-0.3, -0.25) is 4.40 Å². The first-order chi connectivity index (χ1) is 12.6. The summed E-state index contributed by atoms with van der Waals surface area (Å²) in [6, 6.07) is 4.12. The molecule has 142 valence electrons. The van der Waals surface area contributed by atoms with Gasteiger partial charge in [-0.15, -0.1) is 23.7 Å². The summed E-state index contributed by atoms with van der Waals surface area (Å²) in [4.78, 5) is 5.96. The first kappa shape index (κ1) is 17.6. The number of nitrogens with zero attached hydrogens (tertiary/aromatic N) is 2. The number of fused-ring (bicyclic) bond motifs is 1. The fourth-order valence-electron chi connectivity index (χ4n) is 6.33. The third-order valence-electron chi connectivity index (χ3n) is 7.01. The van der Waals surface area contributed by atoms with Crippen molar-refractivity contribution in [3.05, 3.63) is 47.1 Å². The minimum absolute atomic E-state index is 0. The Morgan fingerprint density at radius 2 is 1.67 bits per heavy atom. The largest absolute Gasteiger partial charge is 0.290 e. The van der Waals surface area contributed by atoms with Crippen LogP contribution in [0.1, 0.15) is 44.2 Å². The van der Waals surface area contributed by atoms with Crippen LogP contribution < -0.4 is 0 Å². The number of thiazole rings is 1. The summed E-state index contributed by atoms with van der Waals surface area (Å²) in [7, 11) is 0. The number of halogens is 3. The van der Waals surface area contributed by atoms with Crippen molar-refractivity contribution in [3.63, 3.8) is 0 Å². The van der Waals surface area contributed by atoms with E-state index in [0.717, 1.165) is 28.4 Å². The van der Waals surface area contributed by atoms with Crippen LogP contribution in [0.3, 0.4) is 0 Å². The van der Waals surface area contributed by atoms with Gasteiger partial charge >= 0.3 is 0 Å². The molecule has 0 spiro atoms. The van der Waals surface area contributed by atoms with Crippen molar-refractivity contribution in [1.29, 1.82) is 0 Å². The van der Waals surface area contributed by atoms with Crippen LogP contribution in [0.15, 0.2) is 29.8 Å². The second kappa shape index (κ2) is 6.02. The minimum Gasteiger partial charge on any atom is -0.290 e. The molecule has 4 fully saturated rings. The van der Waals surface area contributed by atoms with Gasteiger partial charge in [-0.05, 0) is 74.5 Å². The summed E-state index contributed by atoms with van der Waals surface area (Å²) in [6.45, 7) is 0. The molecule has 1 aromatic carbocycles. The molecule has 3 aromatic rings. The van der Waals surface area contributed by atoms with Gasteiger partial charge < -0.3 is 0 Å². The molecule has 0 saturated heterocycles. The van der Waals surface area contributed by atoms with E-state index >= 15 is 0 Å². The second-order valence-corrected chi connectivity index (χ2v) is 9.56. The number of hydrogen-bond acceptors (Lipinski definition) is 2. The lowest BCUT2D eigenvalue weighted by atomic mass is 9.49. The maximum Gasteiger partial charge on any atom is 0.194 e. The van der Waals surface area contributed by atoms with E-state index in [0.29, 0.717) is 5.56 Å². The van der Waals surface area contributed by atoms with Crippen molar-refractivity contribution in [2.24, 2.45) is 17.8 Å². The molecule has 4 aliphatic rings. The highest BCUT2D eigenvalue weighted by Crippen LogP contribution is 2.60. The number of rotatable bonds is 2. The lowest BCUT2D eigenvalue weighted by molar-refractivity contribution is -0.00696. The van der Waals surface area contributed by atoms with Crippen LogP contribution in [0.5, 0.6) is 0 Å². The lowest BCUT2D eigenvalue weighted by Gasteiger charge is -2.56. The highest BCUT2D eigenvalue weighted by Gasteiger charge is 2.52. The van der Waals surface area contributed by atoms with Crippen molar-refractivity contribution < 1.29 is 8.78 Å². The predicted octanol–water partition coefficient (Wildman–Crippen LogP) is 6.23. The van der Waals surface area contributed by atoms with Gasteiger partial charge in [0.25, 0.3) is 0 Å². The molecule has 4 saturated carbocycles. The highest BCUT2D eigenvalue weighted by atomic mass is 35.5. The third-order valence-corrected chi connectivity index (χ3v) is 7.85. The van der Waals surface area contributed by atoms with Gasteiger partial charge in [0.1, 0.15) is 0 Å². The predicted molar refractivity (Wildman–Crippen MR) is 106 cm³/mol. The smallest absolute Gasteiger partial charge is 0.194 e. The number of hydrogen-bond donors (Lipinski definition) is 0. The topological polar surface area (TPSA) is 17.3 Å². The highest BCUT2D eigenvalue weighted by molar-refractivity contribution is 7.15. The summed E-state index contributed by atoms with van der Waals surface area (Å²) in [6.07, 6.45) is 10.3. The van der Waals surface area contributed by atoms with E-state index < -0.39 is 11.6 Å². The molecule has 0 unspecified atom stereocenters. The van der Waals surface area contributed by atoms with Crippen molar-refractivity contribution in [3.8, 4) is 11.3 Å². The first-order valence-electron chi connectivity index (χ1n) is 9.52. The van der Waals surface area contributed by atoms with Gasteiger partial charge in [-0.2, -0.15) is 0 Å². The number of aromatic nitrogens is 2. The van der Waals surface area contributed by atoms with E-state index in [2.05, 4.69) is 10.6 Å². The molecular weight excluding hydrogens is 386 g/mol. The molecule has 2 heterocycles. The average molecular weight is 407 g/mol. The zero-order valence-corrected chi connectivity index (χ0v) is 16.5. The summed E-state index contributed by atoms with van der Waals surface area (Å²) in [5, 5.41) is 1.98. The molecule has 0 radical (unpaired) electrons. The molecule has 0 aliphatic heterocycles. The average Bonchev–Trinajstić information content (AvgIpc) is 3.17. The molecule has 0 N–H and O–H groups in total. The molecule has 2 nitrogen and oxygen atoms in total. The molecule has 0 amide bonds. The van der Waals surface area contributed by atoms with Crippen molar-refractivity contribution >= 4 is 28.7 Å². The maximum atomic E-state index is 13.7. The molecule has 4 aliphatic carbocycles. The third kappa shape index (κ3) is 2.58. The van der Waals surface area contributed by atoms with Gasteiger partial charge in [0.2, 0.25) is 0 Å². The van der Waals surface area contributed by atoms with E-state index in [1.54, 1.807) is 17.4 Å². The minimum atomic E-state index is -0.805. The SMILES string of the molecule is Cl.Fc1ccc(-c2csc3nc(C45CC6CC(CC(C6)C4)C5)cn23)cc1F. The van der Waals surface area contributed by atoms with E-state index in [1.165, 1.54) is 56.4 Å². The van der Waals surface area contributed by atoms with Crippen LogP contribution in [0.2, 0.25) is 0 Å². The fourth-order valence-corrected chi connectivity index (χ4v) is 7.21. The van der Waals surface area contributed by atoms with E-state index in [-0.39, 0.29) is 17.8 Å². The molecular formula is C21H21ClF2N2S. The van der Waals surface area contributed by atoms with Crippen molar-refractivity contribution in [2.45, 2.75) is 43.9 Å². The van der Waals surface area contributed by atoms with E-state index in [9.17, 15) is 8.78 Å². The Morgan fingerprint density at radius 3 is 2.30 bits per heavy atom. The van der Waals surface area contributed by atoms with Gasteiger partial charge in [-0.25, -0.2) is 13.8 Å². The normalized spacial score (nSPS) is 31.4. The van der Waals surface area contributed by atoms with Crippen LogP contribution >= 0.6 is 23.7 Å².